The van der Waals surface area contributed by atoms with Crippen molar-refractivity contribution in [2.75, 3.05) is 5.32 Å². The average Bonchev–Trinajstić information content (AvgIpc) is 2.29. The number of carbonyl (C=O) groups is 1. The smallest absolute Gasteiger partial charge is 0.224 e. The summed E-state index contributed by atoms with van der Waals surface area (Å²) < 4.78 is 0. The van der Waals surface area contributed by atoms with E-state index >= 15 is 0 Å². The zero-order chi connectivity index (χ0) is 12.7. The maximum Gasteiger partial charge on any atom is 0.224 e. The van der Waals surface area contributed by atoms with E-state index in [1.807, 2.05) is 19.1 Å². The lowest BCUT2D eigenvalue weighted by molar-refractivity contribution is -0.116. The van der Waals surface area contributed by atoms with Crippen molar-refractivity contribution in [1.29, 1.82) is 5.26 Å². The van der Waals surface area contributed by atoms with Crippen LogP contribution in [0, 0.1) is 18.3 Å². The van der Waals surface area contributed by atoms with Crippen LogP contribution in [-0.2, 0) is 4.79 Å². The summed E-state index contributed by atoms with van der Waals surface area (Å²) in [6.07, 6.45) is 3.58. The number of unbranched alkanes of at least 4 members (excludes halogenated alkanes) is 2. The van der Waals surface area contributed by atoms with Crippen molar-refractivity contribution in [1.82, 2.24) is 0 Å². The lowest BCUT2D eigenvalue weighted by atomic mass is 10.1. The van der Waals surface area contributed by atoms with Crippen LogP contribution in [0.2, 0.25) is 0 Å². The third-order valence-corrected chi connectivity index (χ3v) is 2.67. The Bertz CT molecular complexity index is 432. The fourth-order valence-corrected chi connectivity index (χ4v) is 1.67. The van der Waals surface area contributed by atoms with Crippen LogP contribution >= 0.6 is 0 Å². The molecule has 0 saturated heterocycles. The van der Waals surface area contributed by atoms with Gasteiger partial charge in [-0.25, -0.2) is 0 Å². The van der Waals surface area contributed by atoms with E-state index in [0.717, 1.165) is 24.8 Å². The molecule has 1 aromatic rings. The normalized spacial score (nSPS) is 9.71. The molecule has 3 heteroatoms. The van der Waals surface area contributed by atoms with Crippen molar-refractivity contribution in [3.05, 3.63) is 29.3 Å². The highest BCUT2D eigenvalue weighted by Gasteiger charge is 2.07. The molecule has 0 unspecified atom stereocenters. The number of amides is 1. The van der Waals surface area contributed by atoms with E-state index in [-0.39, 0.29) is 5.91 Å². The van der Waals surface area contributed by atoms with Gasteiger partial charge in [0.2, 0.25) is 5.91 Å². The van der Waals surface area contributed by atoms with Gasteiger partial charge in [-0.1, -0.05) is 31.9 Å². The Kier molecular flexibility index (Phi) is 5.22. The number of carbonyl (C=O) groups excluding carboxylic acids is 1. The summed E-state index contributed by atoms with van der Waals surface area (Å²) in [6.45, 7) is 3.97. The number of nitrogens with zero attached hydrogens (tertiary/aromatic N) is 1. The summed E-state index contributed by atoms with van der Waals surface area (Å²) in [7, 11) is 0. The molecule has 0 aromatic heterocycles. The van der Waals surface area contributed by atoms with Crippen LogP contribution in [0.3, 0.4) is 0 Å². The van der Waals surface area contributed by atoms with Gasteiger partial charge in [0.15, 0.2) is 0 Å². The molecule has 1 amide bonds. The fourth-order valence-electron chi connectivity index (χ4n) is 1.67. The minimum atomic E-state index is -0.0134. The maximum atomic E-state index is 11.6. The van der Waals surface area contributed by atoms with Crippen LogP contribution in [-0.4, -0.2) is 5.91 Å². The minimum absolute atomic E-state index is 0.0134. The number of nitriles is 1. The maximum absolute atomic E-state index is 11.6. The van der Waals surface area contributed by atoms with Crippen molar-refractivity contribution in [3.63, 3.8) is 0 Å². The second-order valence-corrected chi connectivity index (χ2v) is 4.11. The summed E-state index contributed by atoms with van der Waals surface area (Å²) >= 11 is 0. The molecule has 90 valence electrons. The van der Waals surface area contributed by atoms with Crippen LogP contribution in [0.1, 0.15) is 43.7 Å². The van der Waals surface area contributed by atoms with Crippen LogP contribution in [0.25, 0.3) is 0 Å². The van der Waals surface area contributed by atoms with Crippen molar-refractivity contribution in [2.45, 2.75) is 39.5 Å². The Morgan fingerprint density at radius 3 is 2.82 bits per heavy atom. The van der Waals surface area contributed by atoms with Crippen molar-refractivity contribution in [3.8, 4) is 6.07 Å². The Labute approximate surface area is 102 Å². The van der Waals surface area contributed by atoms with Crippen LogP contribution in [0.15, 0.2) is 18.2 Å². The molecule has 0 atom stereocenters. The lowest BCUT2D eigenvalue weighted by Gasteiger charge is -2.08. The molecule has 0 fully saturated rings. The predicted octanol–water partition coefficient (Wildman–Crippen LogP) is 3.39. The van der Waals surface area contributed by atoms with E-state index in [2.05, 4.69) is 18.3 Å². The molecule has 0 radical (unpaired) electrons. The monoisotopic (exact) mass is 230 g/mol. The Morgan fingerprint density at radius 2 is 2.18 bits per heavy atom. The third-order valence-electron chi connectivity index (χ3n) is 2.67. The van der Waals surface area contributed by atoms with Crippen molar-refractivity contribution in [2.24, 2.45) is 0 Å². The predicted molar refractivity (Wildman–Crippen MR) is 68.7 cm³/mol. The molecule has 17 heavy (non-hydrogen) atoms. The molecule has 1 N–H and O–H groups in total. The molecule has 3 nitrogen and oxygen atoms in total. The van der Waals surface area contributed by atoms with Crippen LogP contribution < -0.4 is 5.32 Å². The molecule has 0 saturated carbocycles. The van der Waals surface area contributed by atoms with E-state index in [1.165, 1.54) is 0 Å². The zero-order valence-electron chi connectivity index (χ0n) is 10.4. The van der Waals surface area contributed by atoms with Gasteiger partial charge >= 0.3 is 0 Å². The van der Waals surface area contributed by atoms with E-state index in [4.69, 9.17) is 5.26 Å². The largest absolute Gasteiger partial charge is 0.325 e. The molecule has 0 aliphatic heterocycles. The van der Waals surface area contributed by atoms with Crippen LogP contribution in [0.4, 0.5) is 5.69 Å². The van der Waals surface area contributed by atoms with Gasteiger partial charge in [0, 0.05) is 6.42 Å². The van der Waals surface area contributed by atoms with E-state index in [9.17, 15) is 4.79 Å². The van der Waals surface area contributed by atoms with Gasteiger partial charge in [-0.3, -0.25) is 4.79 Å². The van der Waals surface area contributed by atoms with Gasteiger partial charge in [-0.15, -0.1) is 0 Å². The standard InChI is InChI=1S/C14H18N2O/c1-3-4-5-9-14(17)16-13-8-6-7-11(2)12(13)10-15/h6-8H,3-5,9H2,1-2H3,(H,16,17). The summed E-state index contributed by atoms with van der Waals surface area (Å²) in [4.78, 5) is 11.6. The Morgan fingerprint density at radius 1 is 1.41 bits per heavy atom. The van der Waals surface area contributed by atoms with Gasteiger partial charge in [0.05, 0.1) is 11.3 Å². The first kappa shape index (κ1) is 13.2. The number of aryl methyl sites for hydroxylation is 1. The SMILES string of the molecule is CCCCCC(=O)Nc1cccc(C)c1C#N. The van der Waals surface area contributed by atoms with Crippen molar-refractivity contribution < 1.29 is 4.79 Å². The van der Waals surface area contributed by atoms with E-state index in [1.54, 1.807) is 6.07 Å². The molecule has 0 aliphatic rings. The Hall–Kier alpha value is -1.82. The summed E-state index contributed by atoms with van der Waals surface area (Å²) in [6, 6.07) is 7.60. The summed E-state index contributed by atoms with van der Waals surface area (Å²) in [5.41, 5.74) is 2.06. The first-order valence-corrected chi connectivity index (χ1v) is 5.98. The van der Waals surface area contributed by atoms with Gasteiger partial charge in [-0.2, -0.15) is 5.26 Å². The average molecular weight is 230 g/mol. The summed E-state index contributed by atoms with van der Waals surface area (Å²) in [5, 5.41) is 11.8. The first-order chi connectivity index (χ1) is 8.19. The molecule has 0 spiro atoms. The van der Waals surface area contributed by atoms with Gasteiger partial charge in [0.1, 0.15) is 6.07 Å². The minimum Gasteiger partial charge on any atom is -0.325 e. The van der Waals surface area contributed by atoms with Crippen LogP contribution in [0.5, 0.6) is 0 Å². The zero-order valence-corrected chi connectivity index (χ0v) is 10.4. The third kappa shape index (κ3) is 3.92. The molecule has 0 bridgehead atoms. The molecular formula is C14H18N2O. The van der Waals surface area contributed by atoms with Crippen molar-refractivity contribution >= 4 is 11.6 Å². The van der Waals surface area contributed by atoms with E-state index in [0.29, 0.717) is 17.7 Å². The topological polar surface area (TPSA) is 52.9 Å². The highest BCUT2D eigenvalue weighted by atomic mass is 16.1. The molecule has 1 rings (SSSR count). The molecular weight excluding hydrogens is 212 g/mol. The second kappa shape index (κ2) is 6.70. The van der Waals surface area contributed by atoms with Gasteiger partial charge in [0.25, 0.3) is 0 Å². The second-order valence-electron chi connectivity index (χ2n) is 4.11. The quantitative estimate of drug-likeness (QED) is 0.788. The summed E-state index contributed by atoms with van der Waals surface area (Å²) in [5.74, 6) is -0.0134. The number of anilines is 1. The number of hydrogen-bond acceptors (Lipinski definition) is 2. The number of nitrogens with one attached hydrogen (secondary N) is 1. The lowest BCUT2D eigenvalue weighted by Crippen LogP contribution is -2.12. The van der Waals surface area contributed by atoms with E-state index < -0.39 is 0 Å². The molecule has 0 aliphatic carbocycles. The first-order valence-electron chi connectivity index (χ1n) is 5.98. The fraction of sp³-hybridized carbons (Fsp3) is 0.429. The molecule has 1 aromatic carbocycles. The Balaban J connectivity index is 2.66. The number of benzene rings is 1. The molecule has 0 heterocycles. The number of hydrogen-bond donors (Lipinski definition) is 1. The van der Waals surface area contributed by atoms with Gasteiger partial charge in [-0.05, 0) is 25.0 Å². The highest BCUT2D eigenvalue weighted by molar-refractivity contribution is 5.92. The number of rotatable bonds is 5. The highest BCUT2D eigenvalue weighted by Crippen LogP contribution is 2.18. The van der Waals surface area contributed by atoms with Gasteiger partial charge < -0.3 is 5.32 Å².